The van der Waals surface area contributed by atoms with Crippen LogP contribution >= 0.6 is 0 Å². The number of likely N-dealkylation sites (tertiary alicyclic amines) is 1. The highest BCUT2D eigenvalue weighted by atomic mass is 16.7. The van der Waals surface area contributed by atoms with Gasteiger partial charge in [-0.15, -0.1) is 0 Å². The van der Waals surface area contributed by atoms with Gasteiger partial charge in [-0.1, -0.05) is 30.3 Å². The number of ether oxygens (including phenoxy) is 2. The van der Waals surface area contributed by atoms with Gasteiger partial charge in [0.2, 0.25) is 0 Å². The van der Waals surface area contributed by atoms with E-state index in [0.29, 0.717) is 6.04 Å². The molecule has 2 fully saturated rings. The van der Waals surface area contributed by atoms with Crippen LogP contribution in [0.2, 0.25) is 0 Å². The predicted octanol–water partition coefficient (Wildman–Crippen LogP) is 3.11. The van der Waals surface area contributed by atoms with Gasteiger partial charge in [0.05, 0.1) is 11.4 Å². The molecule has 0 amide bonds. The highest BCUT2D eigenvalue weighted by Gasteiger charge is 2.66. The summed E-state index contributed by atoms with van der Waals surface area (Å²) in [7, 11) is 3.48. The fourth-order valence-corrected chi connectivity index (χ4v) is 4.62. The first-order chi connectivity index (χ1) is 12.1. The Hall–Kier alpha value is -1.82. The van der Waals surface area contributed by atoms with Gasteiger partial charge in [0, 0.05) is 51.6 Å². The summed E-state index contributed by atoms with van der Waals surface area (Å²) in [6.45, 7) is 3.82. The van der Waals surface area contributed by atoms with Crippen LogP contribution in [-0.4, -0.2) is 41.6 Å². The van der Waals surface area contributed by atoms with Crippen LogP contribution in [0.25, 0.3) is 0 Å². The lowest BCUT2D eigenvalue weighted by molar-refractivity contribution is -0.337. The van der Waals surface area contributed by atoms with Crippen molar-refractivity contribution in [2.45, 2.75) is 38.1 Å². The van der Waals surface area contributed by atoms with Gasteiger partial charge in [0.25, 0.3) is 0 Å². The number of methoxy groups -OCH3 is 2. The molecule has 1 atom stereocenters. The Labute approximate surface area is 149 Å². The summed E-state index contributed by atoms with van der Waals surface area (Å²) in [4.78, 5) is 2.49. The van der Waals surface area contributed by atoms with E-state index in [0.717, 1.165) is 37.3 Å². The minimum atomic E-state index is -0.414. The van der Waals surface area contributed by atoms with E-state index in [1.54, 1.807) is 14.2 Å². The number of nitrogens with zero attached hydrogens (tertiary/aromatic N) is 3. The lowest BCUT2D eigenvalue weighted by Gasteiger charge is -2.67. The number of benzene rings is 1. The van der Waals surface area contributed by atoms with Crippen LogP contribution < -0.4 is 0 Å². The Morgan fingerprint density at radius 1 is 1.04 bits per heavy atom. The Kier molecular flexibility index (Phi) is 4.10. The minimum absolute atomic E-state index is 0.228. The molecule has 0 N–H and O–H groups in total. The van der Waals surface area contributed by atoms with Crippen molar-refractivity contribution < 1.29 is 9.47 Å². The summed E-state index contributed by atoms with van der Waals surface area (Å²) in [5.74, 6) is -0.414. The van der Waals surface area contributed by atoms with E-state index < -0.39 is 5.79 Å². The first-order valence-corrected chi connectivity index (χ1v) is 8.78. The molecule has 1 spiro atoms. The van der Waals surface area contributed by atoms with Gasteiger partial charge in [-0.05, 0) is 24.6 Å². The first kappa shape index (κ1) is 16.6. The van der Waals surface area contributed by atoms with Crippen molar-refractivity contribution in [3.8, 4) is 0 Å². The van der Waals surface area contributed by atoms with Crippen molar-refractivity contribution in [2.75, 3.05) is 20.8 Å². The molecule has 2 aliphatic rings. The van der Waals surface area contributed by atoms with Crippen LogP contribution in [0, 0.1) is 12.3 Å². The van der Waals surface area contributed by atoms with E-state index in [1.165, 1.54) is 5.56 Å². The molecule has 1 aromatic carbocycles. The zero-order valence-corrected chi connectivity index (χ0v) is 15.1. The molecule has 2 heterocycles. The standard InChI is InChI=1S/C20H25N3O2/c1-15-9-10-17(22-21-15)11-23-14-19(12-20(13-19,24-2)25-3)18(23)16-7-5-4-6-8-16/h4-10,18H,11-14H2,1-3H3. The van der Waals surface area contributed by atoms with Crippen LogP contribution in [-0.2, 0) is 16.0 Å². The van der Waals surface area contributed by atoms with Crippen molar-refractivity contribution in [1.82, 2.24) is 15.1 Å². The van der Waals surface area contributed by atoms with Gasteiger partial charge in [0.15, 0.2) is 5.79 Å². The highest BCUT2D eigenvalue weighted by Crippen LogP contribution is 2.65. The van der Waals surface area contributed by atoms with E-state index in [4.69, 9.17) is 9.47 Å². The quantitative estimate of drug-likeness (QED) is 0.784. The average molecular weight is 339 g/mol. The number of aryl methyl sites for hydroxylation is 1. The van der Waals surface area contributed by atoms with Crippen molar-refractivity contribution in [3.05, 3.63) is 59.4 Å². The van der Waals surface area contributed by atoms with E-state index in [1.807, 2.05) is 13.0 Å². The molecule has 0 radical (unpaired) electrons. The third-order valence-corrected chi connectivity index (χ3v) is 5.78. The molecule has 1 aliphatic carbocycles. The summed E-state index contributed by atoms with van der Waals surface area (Å²) in [6, 6.07) is 15.2. The molecule has 132 valence electrons. The van der Waals surface area contributed by atoms with Gasteiger partial charge < -0.3 is 9.47 Å². The summed E-state index contributed by atoms with van der Waals surface area (Å²) in [5.41, 5.74) is 3.55. The Morgan fingerprint density at radius 3 is 2.36 bits per heavy atom. The molecule has 1 aromatic heterocycles. The zero-order valence-electron chi connectivity index (χ0n) is 15.1. The lowest BCUT2D eigenvalue weighted by Crippen LogP contribution is -2.69. The Morgan fingerprint density at radius 2 is 1.76 bits per heavy atom. The van der Waals surface area contributed by atoms with Crippen LogP contribution in [0.5, 0.6) is 0 Å². The molecule has 1 saturated carbocycles. The van der Waals surface area contributed by atoms with Gasteiger partial charge in [-0.25, -0.2) is 0 Å². The second-order valence-electron chi connectivity index (χ2n) is 7.42. The predicted molar refractivity (Wildman–Crippen MR) is 94.8 cm³/mol. The molecule has 25 heavy (non-hydrogen) atoms. The van der Waals surface area contributed by atoms with Crippen molar-refractivity contribution in [2.24, 2.45) is 5.41 Å². The maximum Gasteiger partial charge on any atom is 0.168 e. The van der Waals surface area contributed by atoms with E-state index in [9.17, 15) is 0 Å². The fourth-order valence-electron chi connectivity index (χ4n) is 4.62. The third-order valence-electron chi connectivity index (χ3n) is 5.78. The maximum absolute atomic E-state index is 5.64. The number of rotatable bonds is 5. The van der Waals surface area contributed by atoms with Crippen molar-refractivity contribution in [3.63, 3.8) is 0 Å². The van der Waals surface area contributed by atoms with Gasteiger partial charge in [-0.2, -0.15) is 10.2 Å². The SMILES string of the molecule is COC1(OC)CC2(CN(Cc3ccc(C)nn3)C2c2ccccc2)C1. The van der Waals surface area contributed by atoms with Gasteiger partial charge in [0.1, 0.15) is 0 Å². The minimum Gasteiger partial charge on any atom is -0.353 e. The topological polar surface area (TPSA) is 47.5 Å². The van der Waals surface area contributed by atoms with Crippen LogP contribution in [0.1, 0.15) is 35.8 Å². The fraction of sp³-hybridized carbons (Fsp3) is 0.500. The smallest absolute Gasteiger partial charge is 0.168 e. The summed E-state index contributed by atoms with van der Waals surface area (Å²) >= 11 is 0. The maximum atomic E-state index is 5.64. The van der Waals surface area contributed by atoms with Gasteiger partial charge >= 0.3 is 0 Å². The Balaban J connectivity index is 1.56. The van der Waals surface area contributed by atoms with Crippen LogP contribution in [0.15, 0.2) is 42.5 Å². The zero-order chi connectivity index (χ0) is 17.5. The van der Waals surface area contributed by atoms with Crippen molar-refractivity contribution >= 4 is 0 Å². The Bertz CT molecular complexity index is 720. The van der Waals surface area contributed by atoms with E-state index >= 15 is 0 Å². The second kappa shape index (κ2) is 6.16. The average Bonchev–Trinajstić information content (AvgIpc) is 2.59. The largest absolute Gasteiger partial charge is 0.353 e. The molecule has 1 unspecified atom stereocenters. The lowest BCUT2D eigenvalue weighted by atomic mass is 9.53. The number of hydrogen-bond acceptors (Lipinski definition) is 5. The molecule has 1 aliphatic heterocycles. The van der Waals surface area contributed by atoms with Crippen LogP contribution in [0.3, 0.4) is 0 Å². The molecule has 1 saturated heterocycles. The molecule has 5 heteroatoms. The number of aromatic nitrogens is 2. The molecular weight excluding hydrogens is 314 g/mol. The van der Waals surface area contributed by atoms with Gasteiger partial charge in [-0.3, -0.25) is 4.90 Å². The van der Waals surface area contributed by atoms with E-state index in [2.05, 4.69) is 51.5 Å². The molecule has 5 nitrogen and oxygen atoms in total. The van der Waals surface area contributed by atoms with E-state index in [-0.39, 0.29) is 5.41 Å². The second-order valence-corrected chi connectivity index (χ2v) is 7.42. The highest BCUT2D eigenvalue weighted by molar-refractivity contribution is 5.29. The third kappa shape index (κ3) is 2.76. The first-order valence-electron chi connectivity index (χ1n) is 8.78. The monoisotopic (exact) mass is 339 g/mol. The summed E-state index contributed by atoms with van der Waals surface area (Å²) in [5, 5.41) is 8.53. The molecule has 0 bridgehead atoms. The molecule has 2 aromatic rings. The molecule has 4 rings (SSSR count). The number of hydrogen-bond donors (Lipinski definition) is 0. The summed E-state index contributed by atoms with van der Waals surface area (Å²) < 4.78 is 11.3. The summed E-state index contributed by atoms with van der Waals surface area (Å²) in [6.07, 6.45) is 1.87. The normalized spacial score (nSPS) is 23.9. The van der Waals surface area contributed by atoms with Crippen molar-refractivity contribution in [1.29, 1.82) is 0 Å². The van der Waals surface area contributed by atoms with Crippen LogP contribution in [0.4, 0.5) is 0 Å². The molecular formula is C20H25N3O2.